The lowest BCUT2D eigenvalue weighted by atomic mass is 10.0. The Labute approximate surface area is 189 Å². The van der Waals surface area contributed by atoms with Crippen LogP contribution in [0.3, 0.4) is 0 Å². The number of hydrogen-bond acceptors (Lipinski definition) is 4. The molecular formula is C24H20BrNO4S. The molecule has 0 radical (unpaired) electrons. The first-order valence-electron chi connectivity index (χ1n) is 9.71. The second-order valence-corrected chi connectivity index (χ2v) is 9.79. The topological polar surface area (TPSA) is 65.4 Å². The number of carbonyl (C=O) groups excluding carboxylic acids is 1. The van der Waals surface area contributed by atoms with Crippen LogP contribution in [0.15, 0.2) is 82.3 Å². The number of ether oxygens (including phenoxy) is 1. The van der Waals surface area contributed by atoms with Crippen molar-refractivity contribution in [2.45, 2.75) is 18.7 Å². The quantitative estimate of drug-likeness (QED) is 0.327. The molecule has 0 saturated carbocycles. The number of aromatic nitrogens is 1. The van der Waals surface area contributed by atoms with E-state index in [0.717, 1.165) is 22.1 Å². The molecule has 0 unspecified atom stereocenters. The zero-order chi connectivity index (χ0) is 22.2. The van der Waals surface area contributed by atoms with Crippen LogP contribution < -0.4 is 0 Å². The minimum atomic E-state index is -3.74. The van der Waals surface area contributed by atoms with Crippen LogP contribution in [0.5, 0.6) is 0 Å². The summed E-state index contributed by atoms with van der Waals surface area (Å²) in [6.07, 6.45) is 1.57. The molecule has 158 valence electrons. The van der Waals surface area contributed by atoms with Gasteiger partial charge in [-0.15, -0.1) is 0 Å². The summed E-state index contributed by atoms with van der Waals surface area (Å²) in [4.78, 5) is 12.3. The third-order valence-electron chi connectivity index (χ3n) is 5.01. The lowest BCUT2D eigenvalue weighted by molar-refractivity contribution is 0.0526. The largest absolute Gasteiger partial charge is 0.462 e. The summed E-state index contributed by atoms with van der Waals surface area (Å²) < 4.78 is 33.4. The Bertz CT molecular complexity index is 1390. The van der Waals surface area contributed by atoms with E-state index in [-0.39, 0.29) is 10.9 Å². The molecule has 4 aromatic rings. The molecule has 1 aromatic heterocycles. The van der Waals surface area contributed by atoms with E-state index in [4.69, 9.17) is 4.74 Å². The monoisotopic (exact) mass is 497 g/mol. The van der Waals surface area contributed by atoms with E-state index in [1.54, 1.807) is 61.7 Å². The van der Waals surface area contributed by atoms with E-state index in [1.165, 1.54) is 3.97 Å². The molecule has 5 nitrogen and oxygen atoms in total. The minimum absolute atomic E-state index is 0.230. The van der Waals surface area contributed by atoms with Crippen molar-refractivity contribution in [3.8, 4) is 11.1 Å². The predicted octanol–water partition coefficient (Wildman–Crippen LogP) is 5.79. The summed E-state index contributed by atoms with van der Waals surface area (Å²) in [5.41, 5.74) is 3.74. The molecule has 0 bridgehead atoms. The Kier molecular flexibility index (Phi) is 5.73. The lowest BCUT2D eigenvalue weighted by Gasteiger charge is -2.09. The van der Waals surface area contributed by atoms with Crippen molar-refractivity contribution in [3.05, 3.63) is 88.5 Å². The Balaban J connectivity index is 1.79. The second kappa shape index (κ2) is 8.32. The van der Waals surface area contributed by atoms with Crippen molar-refractivity contribution in [3.63, 3.8) is 0 Å². The Morgan fingerprint density at radius 3 is 2.42 bits per heavy atom. The summed E-state index contributed by atoms with van der Waals surface area (Å²) in [7, 11) is -3.74. The fourth-order valence-corrected chi connectivity index (χ4v) is 5.43. The van der Waals surface area contributed by atoms with Crippen LogP contribution in [-0.2, 0) is 14.8 Å². The van der Waals surface area contributed by atoms with Gasteiger partial charge in [0.05, 0.1) is 22.6 Å². The van der Waals surface area contributed by atoms with Gasteiger partial charge in [-0.05, 0) is 77.3 Å². The summed E-state index contributed by atoms with van der Waals surface area (Å²) in [6, 6.07) is 19.5. The smallest absolute Gasteiger partial charge is 0.338 e. The first-order valence-corrected chi connectivity index (χ1v) is 11.9. The van der Waals surface area contributed by atoms with Crippen molar-refractivity contribution in [2.75, 3.05) is 6.61 Å². The van der Waals surface area contributed by atoms with Gasteiger partial charge in [0.15, 0.2) is 0 Å². The van der Waals surface area contributed by atoms with Crippen molar-refractivity contribution in [1.29, 1.82) is 0 Å². The van der Waals surface area contributed by atoms with E-state index in [0.29, 0.717) is 22.2 Å². The number of nitrogens with zero attached hydrogens (tertiary/aromatic N) is 1. The molecule has 4 rings (SSSR count). The van der Waals surface area contributed by atoms with E-state index in [9.17, 15) is 13.2 Å². The lowest BCUT2D eigenvalue weighted by Crippen LogP contribution is -2.11. The summed E-state index contributed by atoms with van der Waals surface area (Å²) in [6.45, 7) is 3.99. The van der Waals surface area contributed by atoms with Crippen molar-refractivity contribution < 1.29 is 17.9 Å². The minimum Gasteiger partial charge on any atom is -0.462 e. The molecule has 0 aliphatic rings. The Morgan fingerprint density at radius 1 is 1.00 bits per heavy atom. The fraction of sp³-hybridized carbons (Fsp3) is 0.125. The molecule has 0 N–H and O–H groups in total. The van der Waals surface area contributed by atoms with Crippen LogP contribution in [0.2, 0.25) is 0 Å². The molecule has 0 atom stereocenters. The van der Waals surface area contributed by atoms with Gasteiger partial charge in [0.2, 0.25) is 0 Å². The summed E-state index contributed by atoms with van der Waals surface area (Å²) in [5.74, 6) is -0.373. The SMILES string of the molecule is CCOC(=O)c1cccc(-c2ccc3c(c2)c(Br)cn3S(=O)(=O)c2ccc(C)cc2)c1. The maximum absolute atomic E-state index is 13.2. The molecule has 31 heavy (non-hydrogen) atoms. The van der Waals surface area contributed by atoms with Gasteiger partial charge in [0.25, 0.3) is 10.0 Å². The van der Waals surface area contributed by atoms with E-state index < -0.39 is 10.0 Å². The second-order valence-electron chi connectivity index (χ2n) is 7.12. The third kappa shape index (κ3) is 4.03. The van der Waals surface area contributed by atoms with E-state index >= 15 is 0 Å². The number of aryl methyl sites for hydroxylation is 1. The first kappa shape index (κ1) is 21.3. The number of esters is 1. The van der Waals surface area contributed by atoms with Gasteiger partial charge in [-0.1, -0.05) is 35.9 Å². The van der Waals surface area contributed by atoms with Gasteiger partial charge in [-0.25, -0.2) is 17.2 Å². The fourth-order valence-electron chi connectivity index (χ4n) is 3.40. The Hall–Kier alpha value is -2.90. The number of carbonyl (C=O) groups is 1. The predicted molar refractivity (Wildman–Crippen MR) is 125 cm³/mol. The van der Waals surface area contributed by atoms with Crippen molar-refractivity contribution >= 4 is 42.8 Å². The van der Waals surface area contributed by atoms with Crippen LogP contribution in [0.4, 0.5) is 0 Å². The first-order chi connectivity index (χ1) is 14.8. The van der Waals surface area contributed by atoms with Crippen LogP contribution in [-0.4, -0.2) is 25.0 Å². The highest BCUT2D eigenvalue weighted by atomic mass is 79.9. The highest BCUT2D eigenvalue weighted by molar-refractivity contribution is 9.10. The Morgan fingerprint density at radius 2 is 1.71 bits per heavy atom. The molecule has 0 aliphatic heterocycles. The van der Waals surface area contributed by atoms with Crippen LogP contribution in [0.1, 0.15) is 22.8 Å². The van der Waals surface area contributed by atoms with Crippen molar-refractivity contribution in [2.24, 2.45) is 0 Å². The van der Waals surface area contributed by atoms with Crippen molar-refractivity contribution in [1.82, 2.24) is 3.97 Å². The number of fused-ring (bicyclic) bond motifs is 1. The zero-order valence-corrected chi connectivity index (χ0v) is 19.4. The number of halogens is 1. The zero-order valence-electron chi connectivity index (χ0n) is 17.0. The third-order valence-corrected chi connectivity index (χ3v) is 7.33. The van der Waals surface area contributed by atoms with E-state index in [1.807, 2.05) is 25.1 Å². The molecule has 0 aliphatic carbocycles. The highest BCUT2D eigenvalue weighted by Gasteiger charge is 2.21. The molecule has 0 amide bonds. The average Bonchev–Trinajstić information content (AvgIpc) is 3.11. The van der Waals surface area contributed by atoms with Crippen LogP contribution in [0.25, 0.3) is 22.0 Å². The van der Waals surface area contributed by atoms with Gasteiger partial charge in [0, 0.05) is 16.1 Å². The van der Waals surface area contributed by atoms with Crippen LogP contribution in [0, 0.1) is 6.92 Å². The molecule has 7 heteroatoms. The molecular weight excluding hydrogens is 478 g/mol. The van der Waals surface area contributed by atoms with Gasteiger partial charge < -0.3 is 4.74 Å². The van der Waals surface area contributed by atoms with Gasteiger partial charge in [-0.3, -0.25) is 0 Å². The molecule has 0 fully saturated rings. The molecule has 1 heterocycles. The average molecular weight is 498 g/mol. The number of hydrogen-bond donors (Lipinski definition) is 0. The molecule has 0 spiro atoms. The number of rotatable bonds is 5. The van der Waals surface area contributed by atoms with Gasteiger partial charge >= 0.3 is 5.97 Å². The summed E-state index contributed by atoms with van der Waals surface area (Å²) in [5, 5.41) is 0.759. The van der Waals surface area contributed by atoms with E-state index in [2.05, 4.69) is 15.9 Å². The standard InChI is InChI=1S/C24H20BrNO4S/c1-3-30-24(27)19-6-4-5-17(13-19)18-9-12-23-21(14-18)22(25)15-26(23)31(28,29)20-10-7-16(2)8-11-20/h4-15H,3H2,1-2H3. The normalized spacial score (nSPS) is 11.6. The van der Waals surface area contributed by atoms with Gasteiger partial charge in [-0.2, -0.15) is 0 Å². The highest BCUT2D eigenvalue weighted by Crippen LogP contribution is 2.33. The van der Waals surface area contributed by atoms with Gasteiger partial charge in [0.1, 0.15) is 0 Å². The van der Waals surface area contributed by atoms with Crippen LogP contribution >= 0.6 is 15.9 Å². The maximum atomic E-state index is 13.2. The molecule has 3 aromatic carbocycles. The summed E-state index contributed by atoms with van der Waals surface area (Å²) >= 11 is 3.50. The number of benzene rings is 3. The molecule has 0 saturated heterocycles. The maximum Gasteiger partial charge on any atom is 0.338 e.